The van der Waals surface area contributed by atoms with E-state index in [9.17, 15) is 14.0 Å². The predicted molar refractivity (Wildman–Crippen MR) is 92.6 cm³/mol. The van der Waals surface area contributed by atoms with Gasteiger partial charge < -0.3 is 10.3 Å². The number of rotatable bonds is 5. The number of nitrogens with zero attached hydrogens (tertiary/aromatic N) is 2. The van der Waals surface area contributed by atoms with Crippen LogP contribution in [0.3, 0.4) is 0 Å². The first kappa shape index (κ1) is 16.4. The van der Waals surface area contributed by atoms with Crippen molar-refractivity contribution in [2.24, 2.45) is 10.8 Å². The highest BCUT2D eigenvalue weighted by Crippen LogP contribution is 2.19. The summed E-state index contributed by atoms with van der Waals surface area (Å²) in [5.41, 5.74) is 9.53. The van der Waals surface area contributed by atoms with Gasteiger partial charge in [0, 0.05) is 28.2 Å². The Hall–Kier alpha value is -3.48. The molecule has 3 aromatic rings. The smallest absolute Gasteiger partial charge is 0.271 e. The molecule has 0 aliphatic heterocycles. The zero-order chi connectivity index (χ0) is 17.8. The van der Waals surface area contributed by atoms with Crippen LogP contribution < -0.4 is 11.2 Å². The van der Waals surface area contributed by atoms with E-state index in [1.807, 2.05) is 24.3 Å². The molecule has 3 N–H and O–H groups in total. The molecule has 6 nitrogen and oxygen atoms in total. The number of carbonyl (C=O) groups excluding carboxylic acids is 2. The maximum absolute atomic E-state index is 12.9. The molecule has 0 saturated heterocycles. The number of para-hydroxylation sites is 1. The zero-order valence-electron chi connectivity index (χ0n) is 13.1. The molecule has 1 heterocycles. The van der Waals surface area contributed by atoms with Crippen LogP contribution in [0, 0.1) is 5.82 Å². The molecular formula is C18H15FN4O2. The summed E-state index contributed by atoms with van der Waals surface area (Å²) >= 11 is 0. The van der Waals surface area contributed by atoms with Crippen LogP contribution in [-0.4, -0.2) is 22.6 Å². The SMILES string of the molecule is NC(=O)Cn1cc(C=NNC(=O)c2ccc(F)cc2)c2ccccc21. The maximum atomic E-state index is 12.9. The summed E-state index contributed by atoms with van der Waals surface area (Å²) in [6.45, 7) is 0.0519. The van der Waals surface area contributed by atoms with Crippen molar-refractivity contribution in [1.29, 1.82) is 0 Å². The summed E-state index contributed by atoms with van der Waals surface area (Å²) in [6.07, 6.45) is 3.23. The standard InChI is InChI=1S/C18H15FN4O2/c19-14-7-5-12(6-8-14)18(25)22-21-9-13-10-23(11-17(20)24)16-4-2-1-3-15(13)16/h1-10H,11H2,(H2,20,24)(H,22,25). The monoisotopic (exact) mass is 338 g/mol. The van der Waals surface area contributed by atoms with Crippen LogP contribution in [-0.2, 0) is 11.3 Å². The van der Waals surface area contributed by atoms with Crippen LogP contribution in [0.25, 0.3) is 10.9 Å². The first-order valence-electron chi connectivity index (χ1n) is 7.50. The third-order valence-corrected chi connectivity index (χ3v) is 3.62. The minimum absolute atomic E-state index is 0.0519. The minimum atomic E-state index is -0.450. The summed E-state index contributed by atoms with van der Waals surface area (Å²) in [7, 11) is 0. The highest BCUT2D eigenvalue weighted by Gasteiger charge is 2.08. The summed E-state index contributed by atoms with van der Waals surface area (Å²) in [5.74, 6) is -1.31. The normalized spacial score (nSPS) is 11.1. The Morgan fingerprint density at radius 2 is 1.88 bits per heavy atom. The molecule has 0 bridgehead atoms. The number of nitrogens with one attached hydrogen (secondary N) is 1. The number of hydrazone groups is 1. The molecule has 25 heavy (non-hydrogen) atoms. The number of benzene rings is 2. The fourth-order valence-electron chi connectivity index (χ4n) is 2.50. The zero-order valence-corrected chi connectivity index (χ0v) is 13.1. The van der Waals surface area contributed by atoms with Gasteiger partial charge in [-0.25, -0.2) is 9.82 Å². The van der Waals surface area contributed by atoms with E-state index in [2.05, 4.69) is 10.5 Å². The van der Waals surface area contributed by atoms with E-state index in [0.29, 0.717) is 5.56 Å². The van der Waals surface area contributed by atoms with Crippen molar-refractivity contribution >= 4 is 28.9 Å². The van der Waals surface area contributed by atoms with Gasteiger partial charge in [-0.2, -0.15) is 5.10 Å². The number of fused-ring (bicyclic) bond motifs is 1. The van der Waals surface area contributed by atoms with Gasteiger partial charge in [-0.1, -0.05) is 18.2 Å². The van der Waals surface area contributed by atoms with Crippen LogP contribution in [0.1, 0.15) is 15.9 Å². The first-order chi connectivity index (χ1) is 12.0. The summed E-state index contributed by atoms with van der Waals surface area (Å²) in [6, 6.07) is 12.6. The van der Waals surface area contributed by atoms with E-state index in [-0.39, 0.29) is 6.54 Å². The lowest BCUT2D eigenvalue weighted by atomic mass is 10.2. The molecule has 0 aliphatic carbocycles. The van der Waals surface area contributed by atoms with Crippen molar-refractivity contribution in [1.82, 2.24) is 9.99 Å². The van der Waals surface area contributed by atoms with Crippen LogP contribution in [0.5, 0.6) is 0 Å². The van der Waals surface area contributed by atoms with Crippen molar-refractivity contribution in [3.8, 4) is 0 Å². The Labute approximate surface area is 142 Å². The Bertz CT molecular complexity index is 961. The molecule has 3 rings (SSSR count). The fraction of sp³-hybridized carbons (Fsp3) is 0.0556. The number of carbonyl (C=O) groups is 2. The van der Waals surface area contributed by atoms with E-state index >= 15 is 0 Å². The molecule has 2 amide bonds. The van der Waals surface area contributed by atoms with E-state index in [0.717, 1.165) is 16.5 Å². The molecule has 0 atom stereocenters. The van der Waals surface area contributed by atoms with Gasteiger partial charge in [0.1, 0.15) is 12.4 Å². The van der Waals surface area contributed by atoms with Gasteiger partial charge in [0.05, 0.1) is 6.21 Å². The molecule has 2 aromatic carbocycles. The van der Waals surface area contributed by atoms with E-state index in [1.165, 1.54) is 30.5 Å². The predicted octanol–water partition coefficient (Wildman–Crippen LogP) is 2.03. The van der Waals surface area contributed by atoms with Gasteiger partial charge >= 0.3 is 0 Å². The van der Waals surface area contributed by atoms with Gasteiger partial charge in [-0.05, 0) is 30.3 Å². The number of primary amides is 1. The molecule has 7 heteroatoms. The first-order valence-corrected chi connectivity index (χ1v) is 7.50. The highest BCUT2D eigenvalue weighted by atomic mass is 19.1. The van der Waals surface area contributed by atoms with Crippen molar-refractivity contribution in [3.05, 3.63) is 71.7 Å². The molecule has 0 aliphatic rings. The number of hydrogen-bond donors (Lipinski definition) is 2. The molecule has 0 saturated carbocycles. The van der Waals surface area contributed by atoms with Crippen molar-refractivity contribution in [2.45, 2.75) is 6.54 Å². The van der Waals surface area contributed by atoms with Crippen LogP contribution in [0.4, 0.5) is 4.39 Å². The Morgan fingerprint density at radius 1 is 1.16 bits per heavy atom. The second kappa shape index (κ2) is 6.96. The lowest BCUT2D eigenvalue weighted by molar-refractivity contribution is -0.118. The molecule has 1 aromatic heterocycles. The molecule has 0 radical (unpaired) electrons. The molecule has 126 valence electrons. The highest BCUT2D eigenvalue weighted by molar-refractivity contribution is 6.01. The Balaban J connectivity index is 1.80. The lowest BCUT2D eigenvalue weighted by Gasteiger charge is -2.00. The van der Waals surface area contributed by atoms with E-state index in [1.54, 1.807) is 10.8 Å². The average Bonchev–Trinajstić information content (AvgIpc) is 2.93. The number of halogens is 1. The molecule has 0 unspecified atom stereocenters. The molecule has 0 spiro atoms. The van der Waals surface area contributed by atoms with Crippen LogP contribution in [0.15, 0.2) is 59.8 Å². The van der Waals surface area contributed by atoms with Crippen molar-refractivity contribution in [2.75, 3.05) is 0 Å². The largest absolute Gasteiger partial charge is 0.368 e. The summed E-state index contributed by atoms with van der Waals surface area (Å²) in [4.78, 5) is 23.1. The topological polar surface area (TPSA) is 89.5 Å². The van der Waals surface area contributed by atoms with Gasteiger partial charge in [-0.15, -0.1) is 0 Å². The summed E-state index contributed by atoms with van der Waals surface area (Å²) < 4.78 is 14.6. The lowest BCUT2D eigenvalue weighted by Crippen LogP contribution is -2.18. The summed E-state index contributed by atoms with van der Waals surface area (Å²) in [5, 5.41) is 4.81. The Morgan fingerprint density at radius 3 is 2.60 bits per heavy atom. The van der Waals surface area contributed by atoms with E-state index < -0.39 is 17.6 Å². The molecule has 0 fully saturated rings. The Kier molecular flexibility index (Phi) is 4.56. The van der Waals surface area contributed by atoms with E-state index in [4.69, 9.17) is 5.73 Å². The van der Waals surface area contributed by atoms with Gasteiger partial charge in [0.25, 0.3) is 5.91 Å². The fourth-order valence-corrected chi connectivity index (χ4v) is 2.50. The second-order valence-electron chi connectivity index (χ2n) is 5.40. The molecular weight excluding hydrogens is 323 g/mol. The van der Waals surface area contributed by atoms with Gasteiger partial charge in [0.15, 0.2) is 0 Å². The third-order valence-electron chi connectivity index (χ3n) is 3.62. The van der Waals surface area contributed by atoms with Crippen LogP contribution in [0.2, 0.25) is 0 Å². The minimum Gasteiger partial charge on any atom is -0.368 e. The van der Waals surface area contributed by atoms with Crippen molar-refractivity contribution < 1.29 is 14.0 Å². The average molecular weight is 338 g/mol. The number of nitrogens with two attached hydrogens (primary N) is 1. The number of amides is 2. The quantitative estimate of drug-likeness (QED) is 0.550. The number of aromatic nitrogens is 1. The second-order valence-corrected chi connectivity index (χ2v) is 5.40. The van der Waals surface area contributed by atoms with Crippen molar-refractivity contribution in [3.63, 3.8) is 0 Å². The number of hydrogen-bond acceptors (Lipinski definition) is 3. The third kappa shape index (κ3) is 3.72. The van der Waals surface area contributed by atoms with Gasteiger partial charge in [-0.3, -0.25) is 9.59 Å². The van der Waals surface area contributed by atoms with Crippen LogP contribution >= 0.6 is 0 Å². The van der Waals surface area contributed by atoms with Gasteiger partial charge in [0.2, 0.25) is 5.91 Å². The maximum Gasteiger partial charge on any atom is 0.271 e.